The Bertz CT molecular complexity index is 534. The van der Waals surface area contributed by atoms with Crippen LogP contribution in [0.3, 0.4) is 0 Å². The number of carbonyl (C=O) groups is 2. The number of nitrogens with one attached hydrogen (secondary N) is 1. The molecule has 5 heteroatoms. The topological polar surface area (TPSA) is 75.4 Å². The van der Waals surface area contributed by atoms with Crippen molar-refractivity contribution < 1.29 is 9.59 Å². The molecule has 1 aromatic rings. The number of likely N-dealkylation sites (tertiary alicyclic amines) is 1. The van der Waals surface area contributed by atoms with Gasteiger partial charge in [-0.15, -0.1) is 0 Å². The van der Waals surface area contributed by atoms with Crippen LogP contribution in [0.2, 0.25) is 0 Å². The molecule has 0 radical (unpaired) electrons. The molecular formula is C18H27N3O2. The Kier molecular flexibility index (Phi) is 6.16. The largest absolute Gasteiger partial charge is 0.369 e. The van der Waals surface area contributed by atoms with Gasteiger partial charge in [0.05, 0.1) is 12.6 Å². The summed E-state index contributed by atoms with van der Waals surface area (Å²) in [6, 6.07) is 8.35. The van der Waals surface area contributed by atoms with Gasteiger partial charge in [0.2, 0.25) is 11.8 Å². The lowest BCUT2D eigenvalue weighted by Gasteiger charge is -2.30. The number of nitrogens with zero attached hydrogens (tertiary/aromatic N) is 1. The Balaban J connectivity index is 1.79. The fourth-order valence-corrected chi connectivity index (χ4v) is 2.99. The van der Waals surface area contributed by atoms with E-state index in [-0.39, 0.29) is 23.8 Å². The molecule has 0 saturated carbocycles. The highest BCUT2D eigenvalue weighted by Gasteiger charge is 2.24. The molecule has 126 valence electrons. The summed E-state index contributed by atoms with van der Waals surface area (Å²) in [5, 5.41) is 3.04. The molecule has 1 saturated heterocycles. The summed E-state index contributed by atoms with van der Waals surface area (Å²) in [6.07, 6.45) is 2.51. The number of benzene rings is 1. The number of hydrogen-bond acceptors (Lipinski definition) is 3. The number of hydrogen-bond donors (Lipinski definition) is 2. The van der Waals surface area contributed by atoms with Crippen molar-refractivity contribution in [1.29, 1.82) is 0 Å². The minimum Gasteiger partial charge on any atom is -0.369 e. The number of amides is 2. The van der Waals surface area contributed by atoms with E-state index >= 15 is 0 Å². The first-order chi connectivity index (χ1) is 11.0. The van der Waals surface area contributed by atoms with E-state index in [2.05, 4.69) is 41.4 Å². The van der Waals surface area contributed by atoms with Crippen LogP contribution in [-0.4, -0.2) is 36.3 Å². The Labute approximate surface area is 138 Å². The van der Waals surface area contributed by atoms with Gasteiger partial charge in [0.1, 0.15) is 0 Å². The van der Waals surface area contributed by atoms with Crippen molar-refractivity contribution in [3.05, 3.63) is 35.4 Å². The first-order valence-electron chi connectivity index (χ1n) is 8.39. The van der Waals surface area contributed by atoms with Gasteiger partial charge >= 0.3 is 0 Å². The van der Waals surface area contributed by atoms with Crippen LogP contribution in [0.25, 0.3) is 0 Å². The normalized spacial score (nSPS) is 17.7. The second kappa shape index (κ2) is 8.11. The molecule has 2 rings (SSSR count). The predicted molar refractivity (Wildman–Crippen MR) is 90.7 cm³/mol. The highest BCUT2D eigenvalue weighted by Crippen LogP contribution is 2.17. The SMILES string of the molecule is CCc1ccc([C@@H](C)NC(=O)CN2CCC(C(N)=O)CC2)cc1. The molecular weight excluding hydrogens is 290 g/mol. The smallest absolute Gasteiger partial charge is 0.234 e. The van der Waals surface area contributed by atoms with Crippen molar-refractivity contribution in [2.45, 2.75) is 39.2 Å². The maximum atomic E-state index is 12.2. The molecule has 1 fully saturated rings. The molecule has 1 aliphatic heterocycles. The summed E-state index contributed by atoms with van der Waals surface area (Å²) in [5.74, 6) is -0.238. The Morgan fingerprint density at radius 1 is 1.26 bits per heavy atom. The van der Waals surface area contributed by atoms with Crippen LogP contribution in [-0.2, 0) is 16.0 Å². The van der Waals surface area contributed by atoms with Gasteiger partial charge in [0, 0.05) is 5.92 Å². The highest BCUT2D eigenvalue weighted by molar-refractivity contribution is 5.79. The second-order valence-electron chi connectivity index (χ2n) is 6.34. The van der Waals surface area contributed by atoms with Crippen LogP contribution in [0.5, 0.6) is 0 Å². The average Bonchev–Trinajstić information content (AvgIpc) is 2.55. The molecule has 1 heterocycles. The van der Waals surface area contributed by atoms with Crippen LogP contribution >= 0.6 is 0 Å². The van der Waals surface area contributed by atoms with Gasteiger partial charge in [-0.2, -0.15) is 0 Å². The molecule has 0 aliphatic carbocycles. The van der Waals surface area contributed by atoms with E-state index in [1.54, 1.807) is 0 Å². The van der Waals surface area contributed by atoms with Gasteiger partial charge in [0.25, 0.3) is 0 Å². The molecule has 5 nitrogen and oxygen atoms in total. The standard InChI is InChI=1S/C18H27N3O2/c1-3-14-4-6-15(7-5-14)13(2)20-17(22)12-21-10-8-16(9-11-21)18(19)23/h4-7,13,16H,3,8-12H2,1-2H3,(H2,19,23)(H,20,22)/t13-/m1/s1. The monoisotopic (exact) mass is 317 g/mol. The third-order valence-corrected chi connectivity index (χ3v) is 4.62. The molecule has 2 amide bonds. The van der Waals surface area contributed by atoms with Crippen molar-refractivity contribution in [2.24, 2.45) is 11.7 Å². The fourth-order valence-electron chi connectivity index (χ4n) is 2.99. The van der Waals surface area contributed by atoms with Crippen LogP contribution < -0.4 is 11.1 Å². The quantitative estimate of drug-likeness (QED) is 0.837. The summed E-state index contributed by atoms with van der Waals surface area (Å²) in [4.78, 5) is 25.4. The van der Waals surface area contributed by atoms with Gasteiger partial charge in [0.15, 0.2) is 0 Å². The predicted octanol–water partition coefficient (Wildman–Crippen LogP) is 1.62. The van der Waals surface area contributed by atoms with Crippen LogP contribution in [0.15, 0.2) is 24.3 Å². The van der Waals surface area contributed by atoms with E-state index < -0.39 is 0 Å². The average molecular weight is 317 g/mol. The maximum absolute atomic E-state index is 12.2. The number of primary amides is 1. The lowest BCUT2D eigenvalue weighted by molar-refractivity contribution is -0.124. The molecule has 0 spiro atoms. The third kappa shape index (κ3) is 5.06. The number of nitrogens with two attached hydrogens (primary N) is 1. The summed E-state index contributed by atoms with van der Waals surface area (Å²) in [7, 11) is 0. The molecule has 0 aromatic heterocycles. The zero-order valence-corrected chi connectivity index (χ0v) is 14.0. The van der Waals surface area contributed by atoms with Gasteiger partial charge in [-0.25, -0.2) is 0 Å². The van der Waals surface area contributed by atoms with Crippen molar-refractivity contribution in [1.82, 2.24) is 10.2 Å². The van der Waals surface area contributed by atoms with Crippen molar-refractivity contribution in [3.63, 3.8) is 0 Å². The first-order valence-corrected chi connectivity index (χ1v) is 8.39. The summed E-state index contributed by atoms with van der Waals surface area (Å²) >= 11 is 0. The van der Waals surface area contributed by atoms with E-state index in [1.807, 2.05) is 6.92 Å². The Morgan fingerprint density at radius 3 is 2.39 bits per heavy atom. The van der Waals surface area contributed by atoms with E-state index in [4.69, 9.17) is 5.73 Å². The third-order valence-electron chi connectivity index (χ3n) is 4.62. The zero-order chi connectivity index (χ0) is 16.8. The Hall–Kier alpha value is -1.88. The number of carbonyl (C=O) groups excluding carboxylic acids is 2. The number of aryl methyl sites for hydroxylation is 1. The second-order valence-corrected chi connectivity index (χ2v) is 6.34. The fraction of sp³-hybridized carbons (Fsp3) is 0.556. The maximum Gasteiger partial charge on any atom is 0.234 e. The molecule has 3 N–H and O–H groups in total. The molecule has 0 unspecified atom stereocenters. The van der Waals surface area contributed by atoms with E-state index in [0.29, 0.717) is 6.54 Å². The van der Waals surface area contributed by atoms with Crippen molar-refractivity contribution >= 4 is 11.8 Å². The molecule has 0 bridgehead atoms. The molecule has 1 aliphatic rings. The van der Waals surface area contributed by atoms with Crippen LogP contribution in [0.1, 0.15) is 43.9 Å². The number of rotatable bonds is 6. The van der Waals surface area contributed by atoms with Gasteiger partial charge in [-0.05, 0) is 50.4 Å². The van der Waals surface area contributed by atoms with E-state index in [1.165, 1.54) is 5.56 Å². The molecule has 1 atom stereocenters. The minimum absolute atomic E-state index is 0.00318. The summed E-state index contributed by atoms with van der Waals surface area (Å²) in [5.41, 5.74) is 7.74. The van der Waals surface area contributed by atoms with Gasteiger partial charge in [-0.1, -0.05) is 31.2 Å². The van der Waals surface area contributed by atoms with Gasteiger partial charge in [-0.3, -0.25) is 14.5 Å². The minimum atomic E-state index is -0.224. The van der Waals surface area contributed by atoms with Crippen LogP contribution in [0, 0.1) is 5.92 Å². The summed E-state index contributed by atoms with van der Waals surface area (Å²) in [6.45, 7) is 6.00. The first kappa shape index (κ1) is 17.5. The van der Waals surface area contributed by atoms with Crippen molar-refractivity contribution in [2.75, 3.05) is 19.6 Å². The van der Waals surface area contributed by atoms with E-state index in [0.717, 1.165) is 37.9 Å². The molecule has 23 heavy (non-hydrogen) atoms. The highest BCUT2D eigenvalue weighted by atomic mass is 16.2. The van der Waals surface area contributed by atoms with Crippen molar-refractivity contribution in [3.8, 4) is 0 Å². The van der Waals surface area contributed by atoms with Crippen LogP contribution in [0.4, 0.5) is 0 Å². The zero-order valence-electron chi connectivity index (χ0n) is 14.0. The van der Waals surface area contributed by atoms with E-state index in [9.17, 15) is 9.59 Å². The molecule has 1 aromatic carbocycles. The Morgan fingerprint density at radius 2 is 1.87 bits per heavy atom. The lowest BCUT2D eigenvalue weighted by atomic mass is 9.96. The summed E-state index contributed by atoms with van der Waals surface area (Å²) < 4.78 is 0. The lowest BCUT2D eigenvalue weighted by Crippen LogP contribution is -2.44. The number of piperidine rings is 1. The van der Waals surface area contributed by atoms with Gasteiger partial charge < -0.3 is 11.1 Å².